The average molecular weight is 265 g/mol. The number of rotatable bonds is 10. The van der Waals surface area contributed by atoms with Crippen LogP contribution in [-0.4, -0.2) is 4.98 Å². The minimum Gasteiger partial charge on any atom is -0.258 e. The first-order valence-corrected chi connectivity index (χ1v) is 7.89. The monoisotopic (exact) mass is 265 g/mol. The van der Waals surface area contributed by atoms with E-state index in [1.165, 1.54) is 64.0 Å². The van der Waals surface area contributed by atoms with Crippen LogP contribution in [0.5, 0.6) is 0 Å². The van der Waals surface area contributed by atoms with Gasteiger partial charge in [0.1, 0.15) is 5.82 Å². The molecule has 1 nitrogen and oxygen atoms in total. The smallest absolute Gasteiger partial charge is 0.141 e. The van der Waals surface area contributed by atoms with Crippen molar-refractivity contribution < 1.29 is 4.39 Å². The van der Waals surface area contributed by atoms with Crippen molar-refractivity contribution >= 4 is 0 Å². The summed E-state index contributed by atoms with van der Waals surface area (Å²) in [5.41, 5.74) is 1.07. The fraction of sp³-hybridized carbons (Fsp3) is 0.706. The van der Waals surface area contributed by atoms with Crippen molar-refractivity contribution in [2.45, 2.75) is 77.6 Å². The van der Waals surface area contributed by atoms with E-state index in [4.69, 9.17) is 0 Å². The molecule has 0 saturated heterocycles. The standard InChI is InChI=1S/C17H28FN/c1-3-5-7-8-9-11-15(10-6-4-2)17-13-12-16(18)14-19-17/h12-15H,3-11H2,1-2H3. The molecule has 1 atom stereocenters. The molecular weight excluding hydrogens is 237 g/mol. The van der Waals surface area contributed by atoms with Gasteiger partial charge in [-0.3, -0.25) is 4.98 Å². The number of hydrogen-bond acceptors (Lipinski definition) is 1. The lowest BCUT2D eigenvalue weighted by molar-refractivity contribution is 0.494. The molecule has 0 aliphatic rings. The van der Waals surface area contributed by atoms with Crippen LogP contribution < -0.4 is 0 Å². The Hall–Kier alpha value is -0.920. The van der Waals surface area contributed by atoms with E-state index < -0.39 is 0 Å². The first kappa shape index (κ1) is 16.1. The molecule has 0 spiro atoms. The summed E-state index contributed by atoms with van der Waals surface area (Å²) < 4.78 is 12.9. The van der Waals surface area contributed by atoms with E-state index in [0.29, 0.717) is 5.92 Å². The molecule has 2 heteroatoms. The predicted molar refractivity (Wildman–Crippen MR) is 79.8 cm³/mol. The molecule has 0 fully saturated rings. The summed E-state index contributed by atoms with van der Waals surface area (Å²) in [6, 6.07) is 3.40. The number of unbranched alkanes of at least 4 members (excludes halogenated alkanes) is 5. The van der Waals surface area contributed by atoms with Gasteiger partial charge < -0.3 is 0 Å². The Kier molecular flexibility index (Phi) is 8.44. The van der Waals surface area contributed by atoms with Crippen molar-refractivity contribution in [3.05, 3.63) is 29.8 Å². The van der Waals surface area contributed by atoms with Gasteiger partial charge in [0.2, 0.25) is 0 Å². The largest absolute Gasteiger partial charge is 0.258 e. The zero-order chi connectivity index (χ0) is 13.9. The lowest BCUT2D eigenvalue weighted by atomic mass is 9.92. The van der Waals surface area contributed by atoms with Gasteiger partial charge >= 0.3 is 0 Å². The summed E-state index contributed by atoms with van der Waals surface area (Å²) in [6.07, 6.45) is 12.7. The Morgan fingerprint density at radius 1 is 0.947 bits per heavy atom. The molecule has 1 heterocycles. The van der Waals surface area contributed by atoms with Crippen molar-refractivity contribution in [3.8, 4) is 0 Å². The molecule has 0 saturated carbocycles. The molecule has 0 radical (unpaired) electrons. The van der Waals surface area contributed by atoms with Gasteiger partial charge in [0.25, 0.3) is 0 Å². The van der Waals surface area contributed by atoms with E-state index in [2.05, 4.69) is 18.8 Å². The SMILES string of the molecule is CCCCCCCC(CCCC)c1ccc(F)cn1. The van der Waals surface area contributed by atoms with Crippen LogP contribution in [-0.2, 0) is 0 Å². The van der Waals surface area contributed by atoms with Crippen LogP contribution in [0.4, 0.5) is 4.39 Å². The third-order valence-corrected chi connectivity index (χ3v) is 3.73. The van der Waals surface area contributed by atoms with Crippen molar-refractivity contribution in [1.82, 2.24) is 4.98 Å². The molecule has 0 aliphatic heterocycles. The third kappa shape index (κ3) is 6.70. The zero-order valence-electron chi connectivity index (χ0n) is 12.5. The highest BCUT2D eigenvalue weighted by Crippen LogP contribution is 2.26. The van der Waals surface area contributed by atoms with Crippen LogP contribution in [0.15, 0.2) is 18.3 Å². The molecule has 0 amide bonds. The molecule has 1 aromatic rings. The van der Waals surface area contributed by atoms with Gasteiger partial charge in [-0.25, -0.2) is 4.39 Å². The molecule has 0 bridgehead atoms. The van der Waals surface area contributed by atoms with Crippen molar-refractivity contribution in [1.29, 1.82) is 0 Å². The van der Waals surface area contributed by atoms with E-state index >= 15 is 0 Å². The van der Waals surface area contributed by atoms with E-state index in [1.54, 1.807) is 6.07 Å². The summed E-state index contributed by atoms with van der Waals surface area (Å²) in [5, 5.41) is 0. The van der Waals surface area contributed by atoms with E-state index in [9.17, 15) is 4.39 Å². The number of aromatic nitrogens is 1. The molecular formula is C17H28FN. The Morgan fingerprint density at radius 2 is 1.63 bits per heavy atom. The highest BCUT2D eigenvalue weighted by Gasteiger charge is 2.12. The maximum absolute atomic E-state index is 12.9. The minimum atomic E-state index is -0.235. The Morgan fingerprint density at radius 3 is 2.26 bits per heavy atom. The lowest BCUT2D eigenvalue weighted by Crippen LogP contribution is -2.02. The molecule has 1 aromatic heterocycles. The van der Waals surface area contributed by atoms with Crippen LogP contribution >= 0.6 is 0 Å². The van der Waals surface area contributed by atoms with Crippen LogP contribution in [0.2, 0.25) is 0 Å². The fourth-order valence-corrected chi connectivity index (χ4v) is 2.51. The Balaban J connectivity index is 2.44. The molecule has 19 heavy (non-hydrogen) atoms. The minimum absolute atomic E-state index is 0.235. The number of pyridine rings is 1. The van der Waals surface area contributed by atoms with Gasteiger partial charge in [0, 0.05) is 11.6 Å². The van der Waals surface area contributed by atoms with E-state index in [-0.39, 0.29) is 5.82 Å². The van der Waals surface area contributed by atoms with Gasteiger partial charge in [-0.1, -0.05) is 58.8 Å². The average Bonchev–Trinajstić information content (AvgIpc) is 2.43. The molecule has 0 aliphatic carbocycles. The lowest BCUT2D eigenvalue weighted by Gasteiger charge is -2.16. The van der Waals surface area contributed by atoms with E-state index in [0.717, 1.165) is 5.69 Å². The van der Waals surface area contributed by atoms with Crippen LogP contribution in [0, 0.1) is 5.82 Å². The fourth-order valence-electron chi connectivity index (χ4n) is 2.51. The predicted octanol–water partition coefficient (Wildman–Crippen LogP) is 5.86. The molecule has 1 rings (SSSR count). The molecule has 108 valence electrons. The molecule has 1 unspecified atom stereocenters. The quantitative estimate of drug-likeness (QED) is 0.483. The maximum atomic E-state index is 12.9. The third-order valence-electron chi connectivity index (χ3n) is 3.73. The first-order chi connectivity index (χ1) is 9.27. The summed E-state index contributed by atoms with van der Waals surface area (Å²) in [6.45, 7) is 4.46. The summed E-state index contributed by atoms with van der Waals surface area (Å²) in [5.74, 6) is 0.281. The van der Waals surface area contributed by atoms with Gasteiger partial charge in [0.05, 0.1) is 6.20 Å². The summed E-state index contributed by atoms with van der Waals surface area (Å²) in [4.78, 5) is 4.27. The number of hydrogen-bond donors (Lipinski definition) is 0. The Bertz CT molecular complexity index is 321. The second-order valence-corrected chi connectivity index (χ2v) is 5.44. The summed E-state index contributed by atoms with van der Waals surface area (Å²) in [7, 11) is 0. The van der Waals surface area contributed by atoms with Gasteiger partial charge in [0.15, 0.2) is 0 Å². The number of nitrogens with zero attached hydrogens (tertiary/aromatic N) is 1. The molecule has 0 N–H and O–H groups in total. The van der Waals surface area contributed by atoms with Crippen molar-refractivity contribution in [2.75, 3.05) is 0 Å². The topological polar surface area (TPSA) is 12.9 Å². The highest BCUT2D eigenvalue weighted by molar-refractivity contribution is 5.10. The molecule has 0 aromatic carbocycles. The zero-order valence-corrected chi connectivity index (χ0v) is 12.5. The van der Waals surface area contributed by atoms with Crippen LogP contribution in [0.1, 0.15) is 83.2 Å². The van der Waals surface area contributed by atoms with Crippen LogP contribution in [0.25, 0.3) is 0 Å². The second-order valence-electron chi connectivity index (χ2n) is 5.44. The first-order valence-electron chi connectivity index (χ1n) is 7.89. The van der Waals surface area contributed by atoms with E-state index in [1.807, 2.05) is 6.07 Å². The number of halogens is 1. The van der Waals surface area contributed by atoms with Gasteiger partial charge in [-0.05, 0) is 25.0 Å². The normalized spacial score (nSPS) is 12.6. The van der Waals surface area contributed by atoms with Crippen molar-refractivity contribution in [2.24, 2.45) is 0 Å². The van der Waals surface area contributed by atoms with Gasteiger partial charge in [-0.15, -0.1) is 0 Å². The summed E-state index contributed by atoms with van der Waals surface area (Å²) >= 11 is 0. The highest BCUT2D eigenvalue weighted by atomic mass is 19.1. The van der Waals surface area contributed by atoms with Gasteiger partial charge in [-0.2, -0.15) is 0 Å². The van der Waals surface area contributed by atoms with Crippen molar-refractivity contribution in [3.63, 3.8) is 0 Å². The van der Waals surface area contributed by atoms with Crippen LogP contribution in [0.3, 0.4) is 0 Å². The second kappa shape index (κ2) is 9.94. The maximum Gasteiger partial charge on any atom is 0.141 e. The Labute approximate surface area is 117 Å².